The van der Waals surface area contributed by atoms with Gasteiger partial charge in [-0.05, 0) is 48.9 Å². The van der Waals surface area contributed by atoms with Gasteiger partial charge >= 0.3 is 0 Å². The van der Waals surface area contributed by atoms with Crippen molar-refractivity contribution in [1.29, 1.82) is 0 Å². The number of benzene rings is 3. The summed E-state index contributed by atoms with van der Waals surface area (Å²) in [6, 6.07) is 20.3. The first-order valence-electron chi connectivity index (χ1n) is 10.4. The van der Waals surface area contributed by atoms with Gasteiger partial charge in [0.2, 0.25) is 0 Å². The number of fused-ring (bicyclic) bond motifs is 1. The lowest BCUT2D eigenvalue weighted by atomic mass is 9.92. The van der Waals surface area contributed by atoms with Crippen molar-refractivity contribution in [2.75, 3.05) is 21.3 Å². The van der Waals surface area contributed by atoms with Gasteiger partial charge in [0.15, 0.2) is 11.5 Å². The van der Waals surface area contributed by atoms with E-state index in [4.69, 9.17) is 24.2 Å². The van der Waals surface area contributed by atoms with E-state index in [-0.39, 0.29) is 5.91 Å². The molecule has 0 saturated heterocycles. The monoisotopic (exact) mass is 443 g/mol. The Bertz CT molecular complexity index is 1250. The minimum Gasteiger partial charge on any atom is -0.496 e. The fourth-order valence-electron chi connectivity index (χ4n) is 3.85. The van der Waals surface area contributed by atoms with Crippen molar-refractivity contribution in [2.45, 2.75) is 12.8 Å². The second-order valence-electron chi connectivity index (χ2n) is 7.44. The highest BCUT2D eigenvalue weighted by molar-refractivity contribution is 6.19. The van der Waals surface area contributed by atoms with Crippen molar-refractivity contribution >= 4 is 28.8 Å². The minimum absolute atomic E-state index is 0.316. The molecule has 1 N–H and O–H groups in total. The fourth-order valence-corrected chi connectivity index (χ4v) is 3.85. The zero-order chi connectivity index (χ0) is 23.4. The Balaban J connectivity index is 1.82. The van der Waals surface area contributed by atoms with Crippen LogP contribution in [0.15, 0.2) is 76.7 Å². The first kappa shape index (κ1) is 22.1. The number of nitrogens with one attached hydrogen (secondary N) is 1. The average Bonchev–Trinajstić information content (AvgIpc) is 2.98. The highest BCUT2D eigenvalue weighted by Crippen LogP contribution is 2.37. The third-order valence-electron chi connectivity index (χ3n) is 5.44. The van der Waals surface area contributed by atoms with Crippen LogP contribution in [0.1, 0.15) is 28.8 Å². The summed E-state index contributed by atoms with van der Waals surface area (Å²) in [7, 11) is 4.71. The molecule has 3 aromatic rings. The summed E-state index contributed by atoms with van der Waals surface area (Å²) in [4.78, 5) is 22.9. The van der Waals surface area contributed by atoms with Crippen LogP contribution in [0.4, 0.5) is 11.4 Å². The molecule has 0 spiro atoms. The molecular weight excluding hydrogens is 418 g/mol. The molecule has 3 aromatic carbocycles. The lowest BCUT2D eigenvalue weighted by Crippen LogP contribution is -2.37. The van der Waals surface area contributed by atoms with Gasteiger partial charge in [-0.1, -0.05) is 30.3 Å². The molecule has 1 heterocycles. The van der Waals surface area contributed by atoms with E-state index in [1.807, 2.05) is 55.5 Å². The predicted molar refractivity (Wildman–Crippen MR) is 129 cm³/mol. The largest absolute Gasteiger partial charge is 0.496 e. The Morgan fingerprint density at radius 3 is 2.12 bits per heavy atom. The van der Waals surface area contributed by atoms with Crippen LogP contribution < -0.4 is 19.5 Å². The van der Waals surface area contributed by atoms with Crippen LogP contribution in [0.3, 0.4) is 0 Å². The molecule has 0 radical (unpaired) electrons. The maximum absolute atomic E-state index is 13.3. The Kier molecular flexibility index (Phi) is 6.40. The van der Waals surface area contributed by atoms with Crippen molar-refractivity contribution in [3.63, 3.8) is 0 Å². The molecule has 0 aromatic heterocycles. The predicted octanol–water partition coefficient (Wildman–Crippen LogP) is 5.06. The van der Waals surface area contributed by atoms with Crippen LogP contribution in [0.5, 0.6) is 17.2 Å². The van der Waals surface area contributed by atoms with Gasteiger partial charge < -0.3 is 19.5 Å². The fraction of sp³-hybridized carbons (Fsp3) is 0.192. The maximum Gasteiger partial charge on any atom is 0.260 e. The van der Waals surface area contributed by atoms with Gasteiger partial charge in [-0.15, -0.1) is 0 Å². The number of carbonyl (C=O) groups excluding carboxylic acids is 1. The maximum atomic E-state index is 13.3. The average molecular weight is 444 g/mol. The molecule has 0 aliphatic carbocycles. The van der Waals surface area contributed by atoms with Crippen LogP contribution in [-0.2, 0) is 0 Å². The summed E-state index contributed by atoms with van der Waals surface area (Å²) >= 11 is 0. The molecule has 4 rings (SSSR count). The summed E-state index contributed by atoms with van der Waals surface area (Å²) < 4.78 is 16.3. The Hall–Kier alpha value is -4.13. The molecule has 33 heavy (non-hydrogen) atoms. The van der Waals surface area contributed by atoms with E-state index in [0.717, 1.165) is 17.0 Å². The number of amides is 1. The lowest BCUT2D eigenvalue weighted by molar-refractivity contribution is 0.0973. The van der Waals surface area contributed by atoms with Gasteiger partial charge in [0.1, 0.15) is 11.6 Å². The van der Waals surface area contributed by atoms with Crippen molar-refractivity contribution in [3.05, 3.63) is 77.9 Å². The van der Waals surface area contributed by atoms with Crippen molar-refractivity contribution in [3.8, 4) is 17.2 Å². The zero-order valence-electron chi connectivity index (χ0n) is 19.0. The number of hydrogen-bond donors (Lipinski definition) is 1. The van der Waals surface area contributed by atoms with Crippen LogP contribution in [-0.4, -0.2) is 38.8 Å². The first-order chi connectivity index (χ1) is 16.0. The molecule has 0 saturated carbocycles. The van der Waals surface area contributed by atoms with E-state index in [1.165, 1.54) is 7.11 Å². The summed E-state index contributed by atoms with van der Waals surface area (Å²) in [5, 5.41) is 3.01. The van der Waals surface area contributed by atoms with Crippen molar-refractivity contribution in [1.82, 2.24) is 5.32 Å². The van der Waals surface area contributed by atoms with E-state index in [1.54, 1.807) is 32.4 Å². The summed E-state index contributed by atoms with van der Waals surface area (Å²) in [5.41, 5.74) is 3.48. The van der Waals surface area contributed by atoms with E-state index >= 15 is 0 Å². The lowest BCUT2D eigenvalue weighted by Gasteiger charge is -2.21. The number of carbonyl (C=O) groups is 1. The smallest absolute Gasteiger partial charge is 0.260 e. The number of nitrogens with zero attached hydrogens (tertiary/aromatic N) is 2. The van der Waals surface area contributed by atoms with Gasteiger partial charge in [-0.25, -0.2) is 4.99 Å². The number of methoxy groups -OCH3 is 3. The third-order valence-corrected chi connectivity index (χ3v) is 5.44. The van der Waals surface area contributed by atoms with Crippen molar-refractivity contribution < 1.29 is 19.0 Å². The minimum atomic E-state index is -0.407. The highest BCUT2D eigenvalue weighted by atomic mass is 16.5. The quantitative estimate of drug-likeness (QED) is 0.597. The summed E-state index contributed by atoms with van der Waals surface area (Å²) in [5.74, 6) is 1.42. The number of rotatable bonds is 5. The van der Waals surface area contributed by atoms with Gasteiger partial charge in [-0.3, -0.25) is 9.79 Å². The van der Waals surface area contributed by atoms with Crippen LogP contribution >= 0.6 is 0 Å². The number of ether oxygens (including phenoxy) is 3. The van der Waals surface area contributed by atoms with Gasteiger partial charge in [0, 0.05) is 5.71 Å². The van der Waals surface area contributed by atoms with Crippen LogP contribution in [0.25, 0.3) is 0 Å². The van der Waals surface area contributed by atoms with E-state index in [2.05, 4.69) is 5.32 Å². The molecule has 0 fully saturated rings. The van der Waals surface area contributed by atoms with Crippen LogP contribution in [0, 0.1) is 0 Å². The number of amidine groups is 1. The standard InChI is InChI=1S/C26H25N3O4/c1-16-24(17-13-14-22(32-3)23(15-17)33-4)25(28-20-11-7-6-10-19(20)27-16)29-26(30)18-9-5-8-12-21(18)31-2/h5-15,24H,1-4H3,(H,28,29,30). The molecule has 7 heteroatoms. The molecule has 1 atom stereocenters. The normalized spacial score (nSPS) is 14.8. The third kappa shape index (κ3) is 4.43. The van der Waals surface area contributed by atoms with E-state index in [9.17, 15) is 4.79 Å². The second-order valence-corrected chi connectivity index (χ2v) is 7.44. The van der Waals surface area contributed by atoms with E-state index in [0.29, 0.717) is 34.3 Å². The molecular formula is C26H25N3O4. The summed E-state index contributed by atoms with van der Waals surface area (Å²) in [6.45, 7) is 1.92. The van der Waals surface area contributed by atoms with Gasteiger partial charge in [0.25, 0.3) is 5.91 Å². The van der Waals surface area contributed by atoms with E-state index < -0.39 is 5.92 Å². The summed E-state index contributed by atoms with van der Waals surface area (Å²) in [6.07, 6.45) is 0. The molecule has 7 nitrogen and oxygen atoms in total. The molecule has 1 amide bonds. The zero-order valence-corrected chi connectivity index (χ0v) is 19.0. The topological polar surface area (TPSA) is 81.5 Å². The Labute approximate surface area is 192 Å². The Morgan fingerprint density at radius 1 is 0.788 bits per heavy atom. The van der Waals surface area contributed by atoms with Gasteiger partial charge in [0.05, 0.1) is 44.2 Å². The first-order valence-corrected chi connectivity index (χ1v) is 10.4. The Morgan fingerprint density at radius 2 is 1.42 bits per heavy atom. The molecule has 1 unspecified atom stereocenters. The van der Waals surface area contributed by atoms with Crippen LogP contribution in [0.2, 0.25) is 0 Å². The molecule has 168 valence electrons. The number of para-hydroxylation sites is 3. The van der Waals surface area contributed by atoms with Crippen molar-refractivity contribution in [2.24, 2.45) is 9.98 Å². The molecule has 0 bridgehead atoms. The molecule has 1 aliphatic rings. The number of aliphatic imine (C=N–C) groups is 2. The SMILES string of the molecule is COc1ccc(C2C(C)=Nc3ccccc3N=C2NC(=O)c2ccccc2OC)cc1OC. The van der Waals surface area contributed by atoms with Gasteiger partial charge in [-0.2, -0.15) is 0 Å². The second kappa shape index (κ2) is 9.56. The highest BCUT2D eigenvalue weighted by Gasteiger charge is 2.28. The molecule has 1 aliphatic heterocycles. The number of hydrogen-bond acceptors (Lipinski definition) is 6.